The van der Waals surface area contributed by atoms with E-state index in [1.165, 1.54) is 0 Å². The molecule has 0 radical (unpaired) electrons. The van der Waals surface area contributed by atoms with Crippen molar-refractivity contribution >= 4 is 5.91 Å². The first-order chi connectivity index (χ1) is 10.2. The number of amides is 1. The highest BCUT2D eigenvalue weighted by Crippen LogP contribution is 2.19. The first-order valence-electron chi connectivity index (χ1n) is 6.81. The van der Waals surface area contributed by atoms with E-state index in [0.717, 1.165) is 5.56 Å². The van der Waals surface area contributed by atoms with E-state index in [0.29, 0.717) is 18.0 Å². The zero-order valence-corrected chi connectivity index (χ0v) is 12.2. The van der Waals surface area contributed by atoms with Gasteiger partial charge in [-0.25, -0.2) is 0 Å². The molecule has 110 valence electrons. The molecule has 0 unspecified atom stereocenters. The second-order valence-electron chi connectivity index (χ2n) is 4.64. The normalized spacial score (nSPS) is 11.5. The van der Waals surface area contributed by atoms with Crippen molar-refractivity contribution < 1.29 is 14.3 Å². The molecule has 1 atom stereocenters. The van der Waals surface area contributed by atoms with E-state index in [1.807, 2.05) is 42.5 Å². The molecule has 0 aliphatic heterocycles. The van der Waals surface area contributed by atoms with Gasteiger partial charge in [0.25, 0.3) is 5.91 Å². The summed E-state index contributed by atoms with van der Waals surface area (Å²) in [7, 11) is 1.59. The molecule has 2 aromatic carbocycles. The summed E-state index contributed by atoms with van der Waals surface area (Å²) in [4.78, 5) is 12.0. The molecule has 0 bridgehead atoms. The predicted octanol–water partition coefficient (Wildman–Crippen LogP) is 2.78. The maximum absolute atomic E-state index is 12.0. The summed E-state index contributed by atoms with van der Waals surface area (Å²) in [5.41, 5.74) is 1.06. The van der Waals surface area contributed by atoms with Crippen LogP contribution in [0.2, 0.25) is 0 Å². The molecule has 2 rings (SSSR count). The molecule has 0 spiro atoms. The average Bonchev–Trinajstić information content (AvgIpc) is 2.53. The van der Waals surface area contributed by atoms with Crippen LogP contribution in [0.15, 0.2) is 54.6 Å². The lowest BCUT2D eigenvalue weighted by molar-refractivity contribution is -0.127. The van der Waals surface area contributed by atoms with Crippen LogP contribution in [-0.2, 0) is 11.3 Å². The molecule has 0 aliphatic carbocycles. The quantitative estimate of drug-likeness (QED) is 0.887. The van der Waals surface area contributed by atoms with Crippen molar-refractivity contribution in [3.8, 4) is 11.5 Å². The molecule has 2 aromatic rings. The van der Waals surface area contributed by atoms with E-state index in [9.17, 15) is 4.79 Å². The van der Waals surface area contributed by atoms with Crippen LogP contribution in [0.3, 0.4) is 0 Å². The Kier molecular flexibility index (Phi) is 5.21. The number of carbonyl (C=O) groups is 1. The number of ether oxygens (including phenoxy) is 2. The minimum atomic E-state index is -0.569. The fraction of sp³-hybridized carbons (Fsp3) is 0.235. The van der Waals surface area contributed by atoms with Crippen molar-refractivity contribution in [1.82, 2.24) is 5.32 Å². The standard InChI is InChI=1S/C17H19NO3/c1-13(21-16-10-6-9-15(11-16)20-2)17(19)18-12-14-7-4-3-5-8-14/h3-11,13H,12H2,1-2H3,(H,18,19)/t13-/m1/s1. The van der Waals surface area contributed by atoms with Crippen molar-refractivity contribution in [3.05, 3.63) is 60.2 Å². The molecule has 21 heavy (non-hydrogen) atoms. The van der Waals surface area contributed by atoms with Gasteiger partial charge >= 0.3 is 0 Å². The Balaban J connectivity index is 1.87. The van der Waals surface area contributed by atoms with E-state index >= 15 is 0 Å². The van der Waals surface area contributed by atoms with Crippen LogP contribution >= 0.6 is 0 Å². The van der Waals surface area contributed by atoms with Crippen LogP contribution in [0, 0.1) is 0 Å². The van der Waals surface area contributed by atoms with Gasteiger partial charge in [-0.05, 0) is 24.6 Å². The van der Waals surface area contributed by atoms with Gasteiger partial charge in [-0.3, -0.25) is 4.79 Å². The van der Waals surface area contributed by atoms with Crippen molar-refractivity contribution in [2.24, 2.45) is 0 Å². The van der Waals surface area contributed by atoms with Crippen LogP contribution in [-0.4, -0.2) is 19.1 Å². The molecule has 0 saturated carbocycles. The predicted molar refractivity (Wildman–Crippen MR) is 81.4 cm³/mol. The van der Waals surface area contributed by atoms with E-state index in [2.05, 4.69) is 5.32 Å². The van der Waals surface area contributed by atoms with Crippen LogP contribution in [0.5, 0.6) is 11.5 Å². The molecular weight excluding hydrogens is 266 g/mol. The van der Waals surface area contributed by atoms with Gasteiger partial charge in [0.05, 0.1) is 7.11 Å². The van der Waals surface area contributed by atoms with Gasteiger partial charge in [0, 0.05) is 12.6 Å². The molecule has 0 aliphatic rings. The number of carbonyl (C=O) groups excluding carboxylic acids is 1. The molecule has 1 amide bonds. The fourth-order valence-corrected chi connectivity index (χ4v) is 1.86. The number of hydrogen-bond donors (Lipinski definition) is 1. The van der Waals surface area contributed by atoms with Crippen molar-refractivity contribution in [1.29, 1.82) is 0 Å². The largest absolute Gasteiger partial charge is 0.497 e. The van der Waals surface area contributed by atoms with Gasteiger partial charge < -0.3 is 14.8 Å². The Bertz CT molecular complexity index is 584. The fourth-order valence-electron chi connectivity index (χ4n) is 1.86. The van der Waals surface area contributed by atoms with Crippen LogP contribution in [0.4, 0.5) is 0 Å². The zero-order chi connectivity index (χ0) is 15.1. The molecule has 4 nitrogen and oxygen atoms in total. The summed E-state index contributed by atoms with van der Waals surface area (Å²) in [5.74, 6) is 1.16. The molecule has 4 heteroatoms. The van der Waals surface area contributed by atoms with E-state index in [1.54, 1.807) is 26.2 Å². The third-order valence-corrected chi connectivity index (χ3v) is 3.03. The monoisotopic (exact) mass is 285 g/mol. The molecular formula is C17H19NO3. The van der Waals surface area contributed by atoms with Gasteiger partial charge in [0.15, 0.2) is 6.10 Å². The number of benzene rings is 2. The summed E-state index contributed by atoms with van der Waals surface area (Å²) in [6.45, 7) is 2.21. The third kappa shape index (κ3) is 4.53. The number of hydrogen-bond acceptors (Lipinski definition) is 3. The van der Waals surface area contributed by atoms with Gasteiger partial charge in [0.2, 0.25) is 0 Å². The first kappa shape index (κ1) is 14.9. The Labute approximate surface area is 124 Å². The molecule has 0 saturated heterocycles. The van der Waals surface area contributed by atoms with Crippen molar-refractivity contribution in [3.63, 3.8) is 0 Å². The van der Waals surface area contributed by atoms with Crippen molar-refractivity contribution in [2.75, 3.05) is 7.11 Å². The summed E-state index contributed by atoms with van der Waals surface area (Å²) in [5, 5.41) is 2.85. The minimum absolute atomic E-state index is 0.151. The smallest absolute Gasteiger partial charge is 0.261 e. The van der Waals surface area contributed by atoms with E-state index in [4.69, 9.17) is 9.47 Å². The van der Waals surface area contributed by atoms with Gasteiger partial charge in [0.1, 0.15) is 11.5 Å². The molecule has 1 N–H and O–H groups in total. The average molecular weight is 285 g/mol. The maximum Gasteiger partial charge on any atom is 0.261 e. The van der Waals surface area contributed by atoms with Crippen molar-refractivity contribution in [2.45, 2.75) is 19.6 Å². The highest BCUT2D eigenvalue weighted by atomic mass is 16.5. The Morgan fingerprint density at radius 2 is 1.81 bits per heavy atom. The highest BCUT2D eigenvalue weighted by molar-refractivity contribution is 5.80. The van der Waals surface area contributed by atoms with Crippen LogP contribution < -0.4 is 14.8 Å². The number of rotatable bonds is 6. The molecule has 0 heterocycles. The third-order valence-electron chi connectivity index (χ3n) is 3.03. The van der Waals surface area contributed by atoms with Crippen LogP contribution in [0.1, 0.15) is 12.5 Å². The molecule has 0 aromatic heterocycles. The maximum atomic E-state index is 12.0. The van der Waals surface area contributed by atoms with Gasteiger partial charge in [-0.15, -0.1) is 0 Å². The zero-order valence-electron chi connectivity index (χ0n) is 12.2. The second-order valence-corrected chi connectivity index (χ2v) is 4.64. The summed E-state index contributed by atoms with van der Waals surface area (Å²) < 4.78 is 10.7. The first-order valence-corrected chi connectivity index (χ1v) is 6.81. The molecule has 0 fully saturated rings. The summed E-state index contributed by atoms with van der Waals surface area (Å²) >= 11 is 0. The Morgan fingerprint density at radius 3 is 2.52 bits per heavy atom. The summed E-state index contributed by atoms with van der Waals surface area (Å²) in [6.07, 6.45) is -0.569. The summed E-state index contributed by atoms with van der Waals surface area (Å²) in [6, 6.07) is 17.0. The van der Waals surface area contributed by atoms with Gasteiger partial charge in [-0.2, -0.15) is 0 Å². The lowest BCUT2D eigenvalue weighted by Crippen LogP contribution is -2.35. The Hall–Kier alpha value is -2.49. The lowest BCUT2D eigenvalue weighted by Gasteiger charge is -2.15. The topological polar surface area (TPSA) is 47.6 Å². The number of methoxy groups -OCH3 is 1. The second kappa shape index (κ2) is 7.33. The highest BCUT2D eigenvalue weighted by Gasteiger charge is 2.14. The van der Waals surface area contributed by atoms with Crippen LogP contribution in [0.25, 0.3) is 0 Å². The Morgan fingerprint density at radius 1 is 1.10 bits per heavy atom. The number of nitrogens with one attached hydrogen (secondary N) is 1. The SMILES string of the molecule is COc1cccc(O[C@H](C)C(=O)NCc2ccccc2)c1. The van der Waals surface area contributed by atoms with E-state index in [-0.39, 0.29) is 5.91 Å². The van der Waals surface area contributed by atoms with E-state index < -0.39 is 6.10 Å². The van der Waals surface area contributed by atoms with Gasteiger partial charge in [-0.1, -0.05) is 36.4 Å². The lowest BCUT2D eigenvalue weighted by atomic mass is 10.2. The minimum Gasteiger partial charge on any atom is -0.497 e.